The van der Waals surface area contributed by atoms with Crippen molar-refractivity contribution in [1.29, 1.82) is 0 Å². The van der Waals surface area contributed by atoms with Gasteiger partial charge in [0.2, 0.25) is 0 Å². The lowest BCUT2D eigenvalue weighted by Gasteiger charge is -2.29. The Morgan fingerprint density at radius 3 is 2.54 bits per heavy atom. The second-order valence-corrected chi connectivity index (χ2v) is 7.02. The largest absolute Gasteiger partial charge is 0.376 e. The van der Waals surface area contributed by atoms with Crippen LogP contribution in [0.5, 0.6) is 0 Å². The van der Waals surface area contributed by atoms with Gasteiger partial charge in [-0.3, -0.25) is 0 Å². The molecule has 0 aliphatic carbocycles. The highest BCUT2D eigenvalue weighted by atomic mass is 19.2. The lowest BCUT2D eigenvalue weighted by atomic mass is 9.96. The van der Waals surface area contributed by atoms with Crippen LogP contribution in [0.1, 0.15) is 49.8 Å². The van der Waals surface area contributed by atoms with Crippen molar-refractivity contribution in [2.75, 3.05) is 13.2 Å². The van der Waals surface area contributed by atoms with Gasteiger partial charge in [0, 0.05) is 23.3 Å². The zero-order valence-corrected chi connectivity index (χ0v) is 16.0. The molecule has 0 N–H and O–H groups in total. The van der Waals surface area contributed by atoms with E-state index < -0.39 is 17.5 Å². The molecular weight excluding hydrogens is 365 g/mol. The molecule has 0 radical (unpaired) electrons. The number of unbranched alkanes of at least 4 members (excludes halogenated alkanes) is 1. The molecule has 1 aliphatic heterocycles. The third-order valence-corrected chi connectivity index (χ3v) is 5.07. The number of hydrogen-bond donors (Lipinski definition) is 0. The quantitative estimate of drug-likeness (QED) is 0.506. The maximum atomic E-state index is 14.7. The van der Waals surface area contributed by atoms with Crippen molar-refractivity contribution in [3.8, 4) is 11.1 Å². The van der Waals surface area contributed by atoms with Crippen molar-refractivity contribution >= 4 is 6.08 Å². The number of ether oxygens (including phenoxy) is 2. The molecule has 2 aromatic carbocycles. The fourth-order valence-corrected chi connectivity index (χ4v) is 3.40. The summed E-state index contributed by atoms with van der Waals surface area (Å²) in [6, 6.07) is 7.28. The minimum absolute atomic E-state index is 0.0207. The van der Waals surface area contributed by atoms with E-state index in [0.29, 0.717) is 12.2 Å². The average Bonchev–Trinajstić information content (AvgIpc) is 2.71. The Morgan fingerprint density at radius 1 is 1.11 bits per heavy atom. The van der Waals surface area contributed by atoms with Gasteiger partial charge in [-0.2, -0.15) is 0 Å². The van der Waals surface area contributed by atoms with Crippen molar-refractivity contribution < 1.29 is 22.6 Å². The van der Waals surface area contributed by atoms with Crippen LogP contribution >= 0.6 is 0 Å². The molecule has 5 heteroatoms. The summed E-state index contributed by atoms with van der Waals surface area (Å²) >= 11 is 0. The molecule has 0 saturated carbocycles. The third kappa shape index (κ3) is 4.47. The average molecular weight is 390 g/mol. The first kappa shape index (κ1) is 20.6. The van der Waals surface area contributed by atoms with Crippen LogP contribution in [0.25, 0.3) is 17.2 Å². The van der Waals surface area contributed by atoms with Gasteiger partial charge in [0.05, 0.1) is 18.8 Å². The molecule has 2 nitrogen and oxygen atoms in total. The molecule has 0 spiro atoms. The van der Waals surface area contributed by atoms with Crippen LogP contribution in [0, 0.1) is 17.5 Å². The van der Waals surface area contributed by atoms with E-state index in [9.17, 15) is 13.2 Å². The van der Waals surface area contributed by atoms with Crippen LogP contribution in [0.3, 0.4) is 0 Å². The molecular formula is C23H25F3O2. The van der Waals surface area contributed by atoms with Gasteiger partial charge < -0.3 is 9.47 Å². The van der Waals surface area contributed by atoms with Gasteiger partial charge in [-0.15, -0.1) is 0 Å². The van der Waals surface area contributed by atoms with Crippen molar-refractivity contribution in [1.82, 2.24) is 0 Å². The highest BCUT2D eigenvalue weighted by Gasteiger charge is 2.24. The minimum Gasteiger partial charge on any atom is -0.376 e. The van der Waals surface area contributed by atoms with Gasteiger partial charge in [-0.05, 0) is 30.9 Å². The molecule has 28 heavy (non-hydrogen) atoms. The third-order valence-electron chi connectivity index (χ3n) is 5.07. The van der Waals surface area contributed by atoms with E-state index in [1.54, 1.807) is 6.07 Å². The molecule has 150 valence electrons. The second-order valence-electron chi connectivity index (χ2n) is 7.02. The van der Waals surface area contributed by atoms with Crippen molar-refractivity contribution in [3.05, 3.63) is 65.5 Å². The van der Waals surface area contributed by atoms with Crippen LogP contribution in [-0.4, -0.2) is 19.3 Å². The normalized spacial score (nSPS) is 19.6. The monoisotopic (exact) mass is 390 g/mol. The zero-order chi connectivity index (χ0) is 20.1. The van der Waals surface area contributed by atoms with Crippen LogP contribution in [0.2, 0.25) is 0 Å². The summed E-state index contributed by atoms with van der Waals surface area (Å²) in [6.07, 6.45) is 4.76. The van der Waals surface area contributed by atoms with E-state index in [0.717, 1.165) is 32.3 Å². The van der Waals surface area contributed by atoms with Gasteiger partial charge in [0.25, 0.3) is 0 Å². The lowest BCUT2D eigenvalue weighted by molar-refractivity contribution is -0.0872. The number of benzene rings is 2. The molecule has 0 amide bonds. The highest BCUT2D eigenvalue weighted by Crippen LogP contribution is 2.34. The molecule has 1 fully saturated rings. The summed E-state index contributed by atoms with van der Waals surface area (Å²) in [6.45, 7) is 6.75. The predicted molar refractivity (Wildman–Crippen MR) is 104 cm³/mol. The first-order chi connectivity index (χ1) is 13.5. The Bertz CT molecular complexity index is 827. The predicted octanol–water partition coefficient (Wildman–Crippen LogP) is 6.45. The van der Waals surface area contributed by atoms with E-state index in [2.05, 4.69) is 13.5 Å². The molecule has 3 rings (SSSR count). The zero-order valence-electron chi connectivity index (χ0n) is 16.0. The maximum absolute atomic E-state index is 14.7. The Balaban J connectivity index is 1.72. The van der Waals surface area contributed by atoms with E-state index in [-0.39, 0.29) is 28.9 Å². The maximum Gasteiger partial charge on any atom is 0.167 e. The van der Waals surface area contributed by atoms with Crippen LogP contribution in [0.15, 0.2) is 36.9 Å². The van der Waals surface area contributed by atoms with Gasteiger partial charge in [0.1, 0.15) is 5.82 Å². The van der Waals surface area contributed by atoms with Gasteiger partial charge >= 0.3 is 0 Å². The summed E-state index contributed by atoms with van der Waals surface area (Å²) in [5, 5.41) is 0. The molecule has 0 aromatic heterocycles. The molecule has 2 aromatic rings. The SMILES string of the molecule is C=Cc1ccc(-c2ccc(C3CCC(OCCCC)CO3)cc2F)c(F)c1F. The summed E-state index contributed by atoms with van der Waals surface area (Å²) < 4.78 is 54.6. The van der Waals surface area contributed by atoms with E-state index in [1.165, 1.54) is 30.3 Å². The summed E-state index contributed by atoms with van der Waals surface area (Å²) in [5.41, 5.74) is 0.648. The highest BCUT2D eigenvalue weighted by molar-refractivity contribution is 5.67. The van der Waals surface area contributed by atoms with Crippen LogP contribution in [-0.2, 0) is 9.47 Å². The first-order valence-corrected chi connectivity index (χ1v) is 9.68. The van der Waals surface area contributed by atoms with Crippen molar-refractivity contribution in [2.45, 2.75) is 44.8 Å². The molecule has 0 bridgehead atoms. The Hall–Kier alpha value is -2.11. The summed E-state index contributed by atoms with van der Waals surface area (Å²) in [4.78, 5) is 0. The fourth-order valence-electron chi connectivity index (χ4n) is 3.40. The van der Waals surface area contributed by atoms with E-state index in [1.807, 2.05) is 0 Å². The molecule has 2 unspecified atom stereocenters. The Kier molecular flexibility index (Phi) is 6.92. The van der Waals surface area contributed by atoms with Gasteiger partial charge in [-0.1, -0.05) is 50.3 Å². The first-order valence-electron chi connectivity index (χ1n) is 9.68. The Labute approximate surface area is 164 Å². The smallest absolute Gasteiger partial charge is 0.167 e. The van der Waals surface area contributed by atoms with Crippen LogP contribution in [0.4, 0.5) is 13.2 Å². The molecule has 1 aliphatic rings. The van der Waals surface area contributed by atoms with E-state index in [4.69, 9.17) is 9.47 Å². The van der Waals surface area contributed by atoms with Gasteiger partial charge in [0.15, 0.2) is 11.6 Å². The Morgan fingerprint density at radius 2 is 1.89 bits per heavy atom. The summed E-state index contributed by atoms with van der Waals surface area (Å²) in [7, 11) is 0. The van der Waals surface area contributed by atoms with Crippen molar-refractivity contribution in [3.63, 3.8) is 0 Å². The molecule has 2 atom stereocenters. The second kappa shape index (κ2) is 9.39. The fraction of sp³-hybridized carbons (Fsp3) is 0.391. The van der Waals surface area contributed by atoms with Gasteiger partial charge in [-0.25, -0.2) is 13.2 Å². The standard InChI is InChI=1S/C23H25F3O2/c1-3-5-12-27-17-8-11-21(28-14-17)16-7-9-18(20(24)13-16)19-10-6-15(4-2)22(25)23(19)26/h4,6-7,9-10,13,17,21H,2-3,5,8,11-12,14H2,1H3. The van der Waals surface area contributed by atoms with Crippen LogP contribution < -0.4 is 0 Å². The minimum atomic E-state index is -1.08. The number of halogens is 3. The van der Waals surface area contributed by atoms with E-state index >= 15 is 0 Å². The summed E-state index contributed by atoms with van der Waals surface area (Å²) in [5.74, 6) is -2.71. The topological polar surface area (TPSA) is 18.5 Å². The number of hydrogen-bond acceptors (Lipinski definition) is 2. The number of rotatable bonds is 7. The molecule has 1 saturated heterocycles. The van der Waals surface area contributed by atoms with Crippen molar-refractivity contribution in [2.24, 2.45) is 0 Å². The molecule has 1 heterocycles. The lowest BCUT2D eigenvalue weighted by Crippen LogP contribution is -2.28.